The van der Waals surface area contributed by atoms with E-state index in [1.165, 1.54) is 11.1 Å². The highest BCUT2D eigenvalue weighted by molar-refractivity contribution is 7.99. The molecule has 3 nitrogen and oxygen atoms in total. The van der Waals surface area contributed by atoms with Crippen LogP contribution in [0, 0.1) is 20.8 Å². The Morgan fingerprint density at radius 3 is 2.52 bits per heavy atom. The molecule has 0 radical (unpaired) electrons. The summed E-state index contributed by atoms with van der Waals surface area (Å²) in [6, 6.07) is 14.1. The van der Waals surface area contributed by atoms with Crippen molar-refractivity contribution in [2.24, 2.45) is 0 Å². The predicted octanol–water partition coefficient (Wildman–Crippen LogP) is 4.48. The Kier molecular flexibility index (Phi) is 5.56. The maximum absolute atomic E-state index is 13.1. The maximum atomic E-state index is 13.1. The molecule has 25 heavy (non-hydrogen) atoms. The van der Waals surface area contributed by atoms with E-state index >= 15 is 0 Å². The molecule has 1 aliphatic rings. The standard InChI is InChI=1S/C20H25NO2S2/c1-15-8-9-17(3)20(14-15)25(22,23)21-11-10-19(24-13-12-21)18-7-5-4-6-16(18)2/h4-9,14,19H,10-13H2,1-3H3. The maximum Gasteiger partial charge on any atom is 0.243 e. The van der Waals surface area contributed by atoms with E-state index in [2.05, 4.69) is 31.2 Å². The first kappa shape index (κ1) is 18.5. The molecule has 1 unspecified atom stereocenters. The molecule has 1 aliphatic heterocycles. The Bertz CT molecular complexity index is 862. The molecule has 1 heterocycles. The summed E-state index contributed by atoms with van der Waals surface area (Å²) in [5.41, 5.74) is 4.41. The van der Waals surface area contributed by atoms with Gasteiger partial charge in [0, 0.05) is 24.1 Å². The lowest BCUT2D eigenvalue weighted by atomic mass is 10.0. The highest BCUT2D eigenvalue weighted by Gasteiger charge is 2.29. The molecule has 0 amide bonds. The van der Waals surface area contributed by atoms with Crippen molar-refractivity contribution in [3.05, 3.63) is 64.7 Å². The summed E-state index contributed by atoms with van der Waals surface area (Å²) in [5, 5.41) is 0.361. The molecule has 2 aromatic carbocycles. The minimum absolute atomic E-state index is 0.361. The number of sulfonamides is 1. The summed E-state index contributed by atoms with van der Waals surface area (Å²) in [6.45, 7) is 7.08. The molecule has 3 rings (SSSR count). The first-order chi connectivity index (χ1) is 11.9. The summed E-state index contributed by atoms with van der Waals surface area (Å²) < 4.78 is 27.9. The van der Waals surface area contributed by atoms with Gasteiger partial charge in [0.15, 0.2) is 0 Å². The summed E-state index contributed by atoms with van der Waals surface area (Å²) in [5.74, 6) is 0.823. The number of rotatable bonds is 3. The zero-order valence-electron chi connectivity index (χ0n) is 15.0. The van der Waals surface area contributed by atoms with Crippen LogP contribution in [-0.2, 0) is 10.0 Å². The van der Waals surface area contributed by atoms with Crippen molar-refractivity contribution >= 4 is 21.8 Å². The monoisotopic (exact) mass is 375 g/mol. The van der Waals surface area contributed by atoms with Crippen LogP contribution in [0.5, 0.6) is 0 Å². The highest BCUT2D eigenvalue weighted by atomic mass is 32.2. The van der Waals surface area contributed by atoms with Gasteiger partial charge in [-0.15, -0.1) is 0 Å². The SMILES string of the molecule is Cc1ccc(C)c(S(=O)(=O)N2CCSC(c3ccccc3C)CC2)c1. The van der Waals surface area contributed by atoms with Crippen LogP contribution in [0.15, 0.2) is 47.4 Å². The van der Waals surface area contributed by atoms with Gasteiger partial charge in [0.25, 0.3) is 0 Å². The molecule has 1 fully saturated rings. The molecule has 1 saturated heterocycles. The molecule has 0 spiro atoms. The fraction of sp³-hybridized carbons (Fsp3) is 0.400. The summed E-state index contributed by atoms with van der Waals surface area (Å²) >= 11 is 1.87. The van der Waals surface area contributed by atoms with E-state index in [4.69, 9.17) is 0 Å². The fourth-order valence-corrected chi connectivity index (χ4v) is 6.52. The van der Waals surface area contributed by atoms with Gasteiger partial charge in [-0.2, -0.15) is 16.1 Å². The van der Waals surface area contributed by atoms with Crippen molar-refractivity contribution in [1.29, 1.82) is 0 Å². The van der Waals surface area contributed by atoms with E-state index in [9.17, 15) is 8.42 Å². The lowest BCUT2D eigenvalue weighted by molar-refractivity contribution is 0.427. The Morgan fingerprint density at radius 1 is 1.00 bits per heavy atom. The first-order valence-electron chi connectivity index (χ1n) is 8.64. The van der Waals surface area contributed by atoms with Gasteiger partial charge in [0.1, 0.15) is 0 Å². The summed E-state index contributed by atoms with van der Waals surface area (Å²) in [7, 11) is -3.43. The molecule has 1 atom stereocenters. The van der Waals surface area contributed by atoms with Crippen molar-refractivity contribution in [2.45, 2.75) is 37.3 Å². The minimum Gasteiger partial charge on any atom is -0.207 e. The van der Waals surface area contributed by atoms with E-state index in [0.29, 0.717) is 23.2 Å². The number of aryl methyl sites for hydroxylation is 3. The molecule has 2 aromatic rings. The summed E-state index contributed by atoms with van der Waals surface area (Å²) in [6.07, 6.45) is 0.847. The third kappa shape index (κ3) is 3.94. The van der Waals surface area contributed by atoms with Crippen molar-refractivity contribution in [1.82, 2.24) is 4.31 Å². The molecule has 0 saturated carbocycles. The number of hydrogen-bond acceptors (Lipinski definition) is 3. The van der Waals surface area contributed by atoms with Gasteiger partial charge in [-0.3, -0.25) is 0 Å². The molecule has 134 valence electrons. The van der Waals surface area contributed by atoms with Crippen molar-refractivity contribution in [2.75, 3.05) is 18.8 Å². The van der Waals surface area contributed by atoms with Gasteiger partial charge in [-0.25, -0.2) is 8.42 Å². The normalized spacial score (nSPS) is 19.6. The Labute approximate surface area is 155 Å². The zero-order chi connectivity index (χ0) is 18.0. The lowest BCUT2D eigenvalue weighted by Crippen LogP contribution is -2.33. The Morgan fingerprint density at radius 2 is 1.76 bits per heavy atom. The molecule has 0 N–H and O–H groups in total. The Balaban J connectivity index is 1.83. The van der Waals surface area contributed by atoms with Crippen molar-refractivity contribution in [3.63, 3.8) is 0 Å². The molecular weight excluding hydrogens is 350 g/mol. The average molecular weight is 376 g/mol. The third-order valence-electron chi connectivity index (χ3n) is 4.80. The molecule has 0 aromatic heterocycles. The number of nitrogens with zero attached hydrogens (tertiary/aromatic N) is 1. The lowest BCUT2D eigenvalue weighted by Gasteiger charge is -2.21. The smallest absolute Gasteiger partial charge is 0.207 e. The quantitative estimate of drug-likeness (QED) is 0.794. The number of hydrogen-bond donors (Lipinski definition) is 0. The van der Waals surface area contributed by atoms with Crippen LogP contribution in [0.25, 0.3) is 0 Å². The molecule has 0 bridgehead atoms. The first-order valence-corrected chi connectivity index (χ1v) is 11.1. The summed E-state index contributed by atoms with van der Waals surface area (Å²) in [4.78, 5) is 0.451. The second-order valence-electron chi connectivity index (χ2n) is 6.68. The van der Waals surface area contributed by atoms with Crippen LogP contribution in [-0.4, -0.2) is 31.6 Å². The number of benzene rings is 2. The van der Waals surface area contributed by atoms with E-state index in [0.717, 1.165) is 23.3 Å². The molecule has 5 heteroatoms. The predicted molar refractivity (Wildman–Crippen MR) is 106 cm³/mol. The molecular formula is C20H25NO2S2. The van der Waals surface area contributed by atoms with E-state index < -0.39 is 10.0 Å². The van der Waals surface area contributed by atoms with Gasteiger partial charge in [0.2, 0.25) is 10.0 Å². The van der Waals surface area contributed by atoms with Crippen molar-refractivity contribution in [3.8, 4) is 0 Å². The molecule has 0 aliphatic carbocycles. The van der Waals surface area contributed by atoms with Crippen LogP contribution in [0.2, 0.25) is 0 Å². The van der Waals surface area contributed by atoms with Crippen LogP contribution >= 0.6 is 11.8 Å². The van der Waals surface area contributed by atoms with Crippen LogP contribution < -0.4 is 0 Å². The average Bonchev–Trinajstić information content (AvgIpc) is 2.84. The van der Waals surface area contributed by atoms with Gasteiger partial charge < -0.3 is 0 Å². The van der Waals surface area contributed by atoms with Gasteiger partial charge in [-0.1, -0.05) is 36.4 Å². The van der Waals surface area contributed by atoms with E-state index in [1.807, 2.05) is 37.7 Å². The Hall–Kier alpha value is -1.30. The van der Waals surface area contributed by atoms with Crippen LogP contribution in [0.1, 0.15) is 33.9 Å². The second-order valence-corrected chi connectivity index (χ2v) is 9.89. The van der Waals surface area contributed by atoms with Crippen LogP contribution in [0.4, 0.5) is 0 Å². The van der Waals surface area contributed by atoms with Crippen LogP contribution in [0.3, 0.4) is 0 Å². The van der Waals surface area contributed by atoms with Gasteiger partial charge >= 0.3 is 0 Å². The highest BCUT2D eigenvalue weighted by Crippen LogP contribution is 2.37. The van der Waals surface area contributed by atoms with E-state index in [-0.39, 0.29) is 0 Å². The third-order valence-corrected chi connectivity index (χ3v) is 8.15. The minimum atomic E-state index is -3.43. The topological polar surface area (TPSA) is 37.4 Å². The van der Waals surface area contributed by atoms with E-state index in [1.54, 1.807) is 10.4 Å². The van der Waals surface area contributed by atoms with Crippen molar-refractivity contribution < 1.29 is 8.42 Å². The largest absolute Gasteiger partial charge is 0.243 e. The number of thioether (sulfide) groups is 1. The van der Waals surface area contributed by atoms with Gasteiger partial charge in [0.05, 0.1) is 4.90 Å². The zero-order valence-corrected chi connectivity index (χ0v) is 16.7. The van der Waals surface area contributed by atoms with Gasteiger partial charge in [-0.05, 0) is 55.5 Å². The fourth-order valence-electron chi connectivity index (χ4n) is 3.31. The second kappa shape index (κ2) is 7.52.